The fourth-order valence-corrected chi connectivity index (χ4v) is 6.53. The van der Waals surface area contributed by atoms with Gasteiger partial charge in [-0.15, -0.1) is 0 Å². The van der Waals surface area contributed by atoms with E-state index in [2.05, 4.69) is 5.32 Å². The molecule has 1 spiro atoms. The number of hydrogen-bond donors (Lipinski definition) is 1. The molecule has 0 unspecified atom stereocenters. The zero-order chi connectivity index (χ0) is 26.1. The smallest absolute Gasteiger partial charge is 0.238 e. The van der Waals surface area contributed by atoms with E-state index in [0.29, 0.717) is 16.3 Å². The first-order valence-corrected chi connectivity index (χ1v) is 12.8. The largest absolute Gasteiger partial charge is 0.358 e. The Balaban J connectivity index is 1.69. The van der Waals surface area contributed by atoms with Crippen LogP contribution in [0.15, 0.2) is 79.0 Å². The lowest BCUT2D eigenvalue weighted by Gasteiger charge is -2.38. The van der Waals surface area contributed by atoms with Gasteiger partial charge in [-0.3, -0.25) is 14.4 Å². The van der Waals surface area contributed by atoms with Crippen molar-refractivity contribution in [2.24, 2.45) is 11.3 Å². The lowest BCUT2D eigenvalue weighted by atomic mass is 9.62. The van der Waals surface area contributed by atoms with E-state index >= 15 is 0 Å². The molecular formula is C31H27ClN2O3. The maximum Gasteiger partial charge on any atom is 0.238 e. The van der Waals surface area contributed by atoms with Crippen LogP contribution in [-0.2, 0) is 15.0 Å². The standard InChI is InChI=1S/C31H27ClN2O3/c1-30(2,3)28(36)25-24(26(35)19-12-14-20(32)15-13-19)31(22-10-6-7-11-23(22)33-29(31)37)27-21-9-5-4-8-18(21)16-17-34(25)27/h4-17,24-25,27H,1-3H3,(H,33,37)/t24-,25-,27-,31+/m1/s1. The quantitative estimate of drug-likeness (QED) is 0.435. The minimum Gasteiger partial charge on any atom is -0.358 e. The van der Waals surface area contributed by atoms with Gasteiger partial charge in [-0.05, 0) is 53.1 Å². The molecule has 186 valence electrons. The average Bonchev–Trinajstić information content (AvgIpc) is 3.35. The van der Waals surface area contributed by atoms with E-state index in [-0.39, 0.29) is 17.5 Å². The molecular weight excluding hydrogens is 484 g/mol. The maximum atomic E-state index is 14.5. The van der Waals surface area contributed by atoms with E-state index in [1.165, 1.54) is 0 Å². The lowest BCUT2D eigenvalue weighted by Crippen LogP contribution is -2.50. The number of nitrogens with zero attached hydrogens (tertiary/aromatic N) is 1. The monoisotopic (exact) mass is 510 g/mol. The molecule has 0 saturated carbocycles. The molecule has 1 amide bonds. The molecule has 1 saturated heterocycles. The molecule has 5 nitrogen and oxygen atoms in total. The van der Waals surface area contributed by atoms with Gasteiger partial charge in [0.15, 0.2) is 11.6 Å². The number of amides is 1. The van der Waals surface area contributed by atoms with Crippen LogP contribution in [0.1, 0.15) is 53.9 Å². The molecule has 3 aliphatic heterocycles. The second kappa shape index (κ2) is 8.15. The van der Waals surface area contributed by atoms with Gasteiger partial charge in [0.25, 0.3) is 0 Å². The molecule has 3 aromatic carbocycles. The molecule has 4 atom stereocenters. The highest BCUT2D eigenvalue weighted by atomic mass is 35.5. The molecule has 37 heavy (non-hydrogen) atoms. The Kier molecular flexibility index (Phi) is 5.22. The SMILES string of the molecule is CC(C)(C)C(=O)[C@H]1[C@H](C(=O)c2ccc(Cl)cc2)[C@]2(C(=O)Nc3ccccc32)[C@H]2c3ccccc3C=CN12. The van der Waals surface area contributed by atoms with Gasteiger partial charge in [0.1, 0.15) is 5.41 Å². The van der Waals surface area contributed by atoms with Crippen LogP contribution in [-0.4, -0.2) is 28.4 Å². The first kappa shape index (κ1) is 23.7. The van der Waals surface area contributed by atoms with Gasteiger partial charge < -0.3 is 10.2 Å². The van der Waals surface area contributed by atoms with Crippen molar-refractivity contribution in [1.29, 1.82) is 0 Å². The molecule has 3 aliphatic rings. The van der Waals surface area contributed by atoms with Gasteiger partial charge in [0.2, 0.25) is 5.91 Å². The summed E-state index contributed by atoms with van der Waals surface area (Å²) < 4.78 is 0. The Morgan fingerprint density at radius 1 is 0.946 bits per heavy atom. The van der Waals surface area contributed by atoms with Crippen molar-refractivity contribution >= 4 is 40.8 Å². The molecule has 0 aliphatic carbocycles. The van der Waals surface area contributed by atoms with Gasteiger partial charge in [0.05, 0.1) is 18.0 Å². The average molecular weight is 511 g/mol. The number of ketones is 2. The van der Waals surface area contributed by atoms with E-state index in [9.17, 15) is 14.4 Å². The number of benzene rings is 3. The summed E-state index contributed by atoms with van der Waals surface area (Å²) in [7, 11) is 0. The molecule has 1 N–H and O–H groups in total. The van der Waals surface area contributed by atoms with Crippen molar-refractivity contribution in [2.75, 3.05) is 5.32 Å². The van der Waals surface area contributed by atoms with Crippen molar-refractivity contribution < 1.29 is 14.4 Å². The van der Waals surface area contributed by atoms with Crippen LogP contribution in [0, 0.1) is 11.3 Å². The second-order valence-electron chi connectivity index (χ2n) is 11.1. The Morgan fingerprint density at radius 3 is 2.35 bits per heavy atom. The summed E-state index contributed by atoms with van der Waals surface area (Å²) in [5.74, 6) is -1.54. The van der Waals surface area contributed by atoms with Crippen LogP contribution in [0.4, 0.5) is 5.69 Å². The number of rotatable bonds is 3. The number of hydrogen-bond acceptors (Lipinski definition) is 4. The normalized spacial score (nSPS) is 25.5. The third-order valence-electron chi connectivity index (χ3n) is 7.99. The summed E-state index contributed by atoms with van der Waals surface area (Å²) in [6.45, 7) is 5.59. The highest BCUT2D eigenvalue weighted by molar-refractivity contribution is 6.30. The molecule has 3 aromatic rings. The van der Waals surface area contributed by atoms with Crippen LogP contribution in [0.25, 0.3) is 6.08 Å². The van der Waals surface area contributed by atoms with E-state index in [4.69, 9.17) is 11.6 Å². The first-order valence-electron chi connectivity index (χ1n) is 12.5. The van der Waals surface area contributed by atoms with Crippen LogP contribution in [0.3, 0.4) is 0 Å². The van der Waals surface area contributed by atoms with Crippen LogP contribution in [0.2, 0.25) is 5.02 Å². The molecule has 0 radical (unpaired) electrons. The van der Waals surface area contributed by atoms with Crippen molar-refractivity contribution in [1.82, 2.24) is 4.90 Å². The van der Waals surface area contributed by atoms with Crippen molar-refractivity contribution in [3.63, 3.8) is 0 Å². The first-order chi connectivity index (χ1) is 17.7. The van der Waals surface area contributed by atoms with Gasteiger partial charge in [-0.1, -0.05) is 74.8 Å². The fourth-order valence-electron chi connectivity index (χ4n) is 6.41. The molecule has 0 bridgehead atoms. The van der Waals surface area contributed by atoms with Crippen molar-refractivity contribution in [2.45, 2.75) is 38.3 Å². The summed E-state index contributed by atoms with van der Waals surface area (Å²) in [6, 6.07) is 20.8. The van der Waals surface area contributed by atoms with Crippen LogP contribution >= 0.6 is 11.6 Å². The Bertz CT molecular complexity index is 1490. The zero-order valence-electron chi connectivity index (χ0n) is 20.9. The van der Waals surface area contributed by atoms with Gasteiger partial charge in [-0.25, -0.2) is 0 Å². The Hall–Kier alpha value is -3.70. The highest BCUT2D eigenvalue weighted by Gasteiger charge is 2.71. The third kappa shape index (κ3) is 3.27. The molecule has 6 heteroatoms. The van der Waals surface area contributed by atoms with E-state index in [0.717, 1.165) is 16.7 Å². The van der Waals surface area contributed by atoms with E-state index in [1.807, 2.05) is 86.5 Å². The minimum atomic E-state index is -1.31. The number of carbonyl (C=O) groups excluding carboxylic acids is 3. The minimum absolute atomic E-state index is 0.0806. The maximum absolute atomic E-state index is 14.5. The highest BCUT2D eigenvalue weighted by Crippen LogP contribution is 2.62. The number of carbonyl (C=O) groups is 3. The molecule has 1 fully saturated rings. The fraction of sp³-hybridized carbons (Fsp3) is 0.258. The summed E-state index contributed by atoms with van der Waals surface area (Å²) in [4.78, 5) is 45.0. The summed E-state index contributed by atoms with van der Waals surface area (Å²) in [5, 5.41) is 3.58. The van der Waals surface area contributed by atoms with Gasteiger partial charge in [-0.2, -0.15) is 0 Å². The summed E-state index contributed by atoms with van der Waals surface area (Å²) in [5.41, 5.74) is 1.71. The summed E-state index contributed by atoms with van der Waals surface area (Å²) >= 11 is 6.13. The molecule has 6 rings (SSSR count). The topological polar surface area (TPSA) is 66.5 Å². The number of para-hydroxylation sites is 1. The number of halogens is 1. The Labute approximate surface area is 221 Å². The molecule has 0 aromatic heterocycles. The van der Waals surface area contributed by atoms with Crippen LogP contribution in [0.5, 0.6) is 0 Å². The summed E-state index contributed by atoms with van der Waals surface area (Å²) in [6.07, 6.45) is 3.86. The Morgan fingerprint density at radius 2 is 1.62 bits per heavy atom. The second-order valence-corrected chi connectivity index (χ2v) is 11.5. The van der Waals surface area contributed by atoms with Crippen LogP contribution < -0.4 is 5.32 Å². The molecule has 3 heterocycles. The van der Waals surface area contributed by atoms with E-state index in [1.54, 1.807) is 24.3 Å². The third-order valence-corrected chi connectivity index (χ3v) is 8.24. The van der Waals surface area contributed by atoms with Gasteiger partial charge in [0, 0.05) is 27.9 Å². The number of fused-ring (bicyclic) bond motifs is 6. The number of Topliss-reactive ketones (excluding diaryl/α,β-unsaturated/α-hetero) is 2. The van der Waals surface area contributed by atoms with Crippen molar-refractivity contribution in [3.05, 3.63) is 106 Å². The number of nitrogens with one attached hydrogen (secondary N) is 1. The predicted octanol–water partition coefficient (Wildman–Crippen LogP) is 6.05. The lowest BCUT2D eigenvalue weighted by molar-refractivity contribution is -0.131. The van der Waals surface area contributed by atoms with E-state index < -0.39 is 28.8 Å². The van der Waals surface area contributed by atoms with Gasteiger partial charge >= 0.3 is 0 Å². The number of anilines is 1. The predicted molar refractivity (Wildman–Crippen MR) is 144 cm³/mol. The zero-order valence-corrected chi connectivity index (χ0v) is 21.6. The van der Waals surface area contributed by atoms with Crippen molar-refractivity contribution in [3.8, 4) is 0 Å².